The molecule has 5 nitrogen and oxygen atoms in total. The van der Waals surface area contributed by atoms with Gasteiger partial charge in [0, 0.05) is 25.7 Å². The molecule has 0 spiro atoms. The average Bonchev–Trinajstić information content (AvgIpc) is 3.53. The van der Waals surface area contributed by atoms with Gasteiger partial charge in [-0.1, -0.05) is 43.6 Å². The molecule has 2 aliphatic rings. The number of anilines is 1. The van der Waals surface area contributed by atoms with Crippen molar-refractivity contribution < 1.29 is 4.74 Å². The maximum Gasteiger partial charge on any atom is 0.181 e. The van der Waals surface area contributed by atoms with Crippen LogP contribution in [0.4, 0.5) is 5.69 Å². The standard InChI is InChI=1S/C22H25ClN4O.C2H6/c1-28-19-5-3-2-4-17(19)16-8-11-26(12-9-16)18-10-13-27-20(14-15-6-7-15)24-25-22(27)21(18)23;1-2/h2-5,10,13,15-16H,6-9,11-12,14H2,1H3;1-2H3. The predicted octanol–water partition coefficient (Wildman–Crippen LogP) is 5.75. The van der Waals surface area contributed by atoms with Crippen LogP contribution in [0.25, 0.3) is 5.65 Å². The van der Waals surface area contributed by atoms with Gasteiger partial charge in [0.15, 0.2) is 5.65 Å². The molecular formula is C24H31ClN4O. The lowest BCUT2D eigenvalue weighted by Crippen LogP contribution is -2.33. The second-order valence-electron chi connectivity index (χ2n) is 7.98. The van der Waals surface area contributed by atoms with Crippen LogP contribution in [0.1, 0.15) is 56.8 Å². The topological polar surface area (TPSA) is 42.7 Å². The fourth-order valence-electron chi connectivity index (χ4n) is 4.36. The molecule has 1 saturated heterocycles. The van der Waals surface area contributed by atoms with Crippen LogP contribution >= 0.6 is 11.6 Å². The highest BCUT2D eigenvalue weighted by molar-refractivity contribution is 6.36. The summed E-state index contributed by atoms with van der Waals surface area (Å²) >= 11 is 6.76. The van der Waals surface area contributed by atoms with Gasteiger partial charge < -0.3 is 9.64 Å². The van der Waals surface area contributed by atoms with Crippen LogP contribution < -0.4 is 9.64 Å². The molecule has 1 aliphatic carbocycles. The Labute approximate surface area is 184 Å². The van der Waals surface area contributed by atoms with Crippen molar-refractivity contribution in [1.29, 1.82) is 0 Å². The smallest absolute Gasteiger partial charge is 0.181 e. The second-order valence-corrected chi connectivity index (χ2v) is 8.35. The van der Waals surface area contributed by atoms with Crippen molar-refractivity contribution in [2.24, 2.45) is 5.92 Å². The van der Waals surface area contributed by atoms with Gasteiger partial charge in [0.1, 0.15) is 16.6 Å². The number of fused-ring (bicyclic) bond motifs is 1. The highest BCUT2D eigenvalue weighted by Gasteiger charge is 2.27. The van der Waals surface area contributed by atoms with E-state index < -0.39 is 0 Å². The van der Waals surface area contributed by atoms with E-state index in [2.05, 4.69) is 50.0 Å². The molecule has 3 heterocycles. The van der Waals surface area contributed by atoms with E-state index in [-0.39, 0.29) is 0 Å². The molecule has 1 aliphatic heterocycles. The molecule has 30 heavy (non-hydrogen) atoms. The summed E-state index contributed by atoms with van der Waals surface area (Å²) in [7, 11) is 1.75. The molecule has 3 aromatic rings. The van der Waals surface area contributed by atoms with Crippen LogP contribution in [0.5, 0.6) is 5.75 Å². The molecule has 0 unspecified atom stereocenters. The molecule has 0 atom stereocenters. The minimum absolute atomic E-state index is 0.521. The number of benzene rings is 1. The molecule has 0 radical (unpaired) electrons. The van der Waals surface area contributed by atoms with E-state index in [1.807, 2.05) is 19.9 Å². The fraction of sp³-hybridized carbons (Fsp3) is 0.500. The third-order valence-corrected chi connectivity index (χ3v) is 6.51. The maximum absolute atomic E-state index is 6.76. The van der Waals surface area contributed by atoms with E-state index in [1.165, 1.54) is 18.4 Å². The van der Waals surface area contributed by atoms with E-state index in [4.69, 9.17) is 16.3 Å². The van der Waals surface area contributed by atoms with Crippen LogP contribution in [0.15, 0.2) is 36.5 Å². The summed E-state index contributed by atoms with van der Waals surface area (Å²) in [5, 5.41) is 9.48. The Hall–Kier alpha value is -2.27. The Kier molecular flexibility index (Phi) is 6.47. The number of rotatable bonds is 5. The molecule has 1 aromatic carbocycles. The molecule has 0 bridgehead atoms. The van der Waals surface area contributed by atoms with Gasteiger partial charge in [-0.2, -0.15) is 0 Å². The Morgan fingerprint density at radius 3 is 2.47 bits per heavy atom. The normalized spacial score (nSPS) is 17.0. The first-order valence-corrected chi connectivity index (χ1v) is 11.5. The van der Waals surface area contributed by atoms with Gasteiger partial charge in [0.2, 0.25) is 0 Å². The number of hydrogen-bond donors (Lipinski definition) is 0. The van der Waals surface area contributed by atoms with Gasteiger partial charge in [-0.3, -0.25) is 4.40 Å². The summed E-state index contributed by atoms with van der Waals surface area (Å²) in [5.41, 5.74) is 3.16. The largest absolute Gasteiger partial charge is 0.496 e. The third kappa shape index (κ3) is 4.13. The highest BCUT2D eigenvalue weighted by Crippen LogP contribution is 2.38. The number of halogens is 1. The van der Waals surface area contributed by atoms with E-state index in [0.717, 1.165) is 61.2 Å². The number of hydrogen-bond acceptors (Lipinski definition) is 4. The average molecular weight is 427 g/mol. The van der Waals surface area contributed by atoms with Gasteiger partial charge in [-0.25, -0.2) is 0 Å². The van der Waals surface area contributed by atoms with Gasteiger partial charge in [-0.05, 0) is 55.2 Å². The van der Waals surface area contributed by atoms with E-state index in [9.17, 15) is 0 Å². The quantitative estimate of drug-likeness (QED) is 0.520. The van der Waals surface area contributed by atoms with Crippen LogP contribution in [-0.4, -0.2) is 34.8 Å². The Morgan fingerprint density at radius 1 is 1.03 bits per heavy atom. The number of ether oxygens (including phenoxy) is 1. The summed E-state index contributed by atoms with van der Waals surface area (Å²) < 4.78 is 7.62. The number of aromatic nitrogens is 3. The zero-order valence-corrected chi connectivity index (χ0v) is 18.9. The lowest BCUT2D eigenvalue weighted by molar-refractivity contribution is 0.397. The monoisotopic (exact) mass is 426 g/mol. The third-order valence-electron chi connectivity index (χ3n) is 6.15. The van der Waals surface area contributed by atoms with Crippen molar-refractivity contribution in [2.75, 3.05) is 25.1 Å². The second kappa shape index (κ2) is 9.25. The molecular weight excluding hydrogens is 396 g/mol. The zero-order chi connectivity index (χ0) is 21.1. The Bertz CT molecular complexity index is 990. The van der Waals surface area contributed by atoms with Crippen LogP contribution in [0.3, 0.4) is 0 Å². The molecule has 2 fully saturated rings. The minimum Gasteiger partial charge on any atom is -0.496 e. The first-order valence-electron chi connectivity index (χ1n) is 11.1. The zero-order valence-electron chi connectivity index (χ0n) is 18.1. The Balaban J connectivity index is 0.00000106. The summed E-state index contributed by atoms with van der Waals surface area (Å²) in [6, 6.07) is 10.5. The van der Waals surface area contributed by atoms with Crippen LogP contribution in [0, 0.1) is 5.92 Å². The highest BCUT2D eigenvalue weighted by atomic mass is 35.5. The van der Waals surface area contributed by atoms with Gasteiger partial charge >= 0.3 is 0 Å². The minimum atomic E-state index is 0.521. The number of methoxy groups -OCH3 is 1. The Morgan fingerprint density at radius 2 is 1.77 bits per heavy atom. The van der Waals surface area contributed by atoms with Gasteiger partial charge in [-0.15, -0.1) is 10.2 Å². The molecule has 0 N–H and O–H groups in total. The van der Waals surface area contributed by atoms with Crippen molar-refractivity contribution in [3.05, 3.63) is 52.9 Å². The summed E-state index contributed by atoms with van der Waals surface area (Å²) in [4.78, 5) is 2.38. The molecule has 2 aromatic heterocycles. The molecule has 160 valence electrons. The molecule has 5 rings (SSSR count). The van der Waals surface area contributed by atoms with Crippen molar-refractivity contribution in [1.82, 2.24) is 14.6 Å². The van der Waals surface area contributed by atoms with Crippen molar-refractivity contribution in [2.45, 2.75) is 51.9 Å². The van der Waals surface area contributed by atoms with E-state index >= 15 is 0 Å². The van der Waals surface area contributed by atoms with Crippen molar-refractivity contribution in [3.8, 4) is 5.75 Å². The molecule has 6 heteroatoms. The summed E-state index contributed by atoms with van der Waals surface area (Å²) in [6.07, 6.45) is 7.87. The fourth-order valence-corrected chi connectivity index (χ4v) is 4.67. The molecule has 1 saturated carbocycles. The maximum atomic E-state index is 6.76. The van der Waals surface area contributed by atoms with Crippen molar-refractivity contribution in [3.63, 3.8) is 0 Å². The van der Waals surface area contributed by atoms with Gasteiger partial charge in [0.05, 0.1) is 12.8 Å². The predicted molar refractivity (Wildman–Crippen MR) is 123 cm³/mol. The lowest BCUT2D eigenvalue weighted by Gasteiger charge is -2.34. The SMILES string of the molecule is CC.COc1ccccc1C1CCN(c2ccn3c(CC4CC4)nnc3c2Cl)CC1. The van der Waals surface area contributed by atoms with Crippen molar-refractivity contribution >= 4 is 22.9 Å². The number of piperidine rings is 1. The van der Waals surface area contributed by atoms with Gasteiger partial charge in [0.25, 0.3) is 0 Å². The number of nitrogens with zero attached hydrogens (tertiary/aromatic N) is 4. The molecule has 0 amide bonds. The van der Waals surface area contributed by atoms with Crippen LogP contribution in [0.2, 0.25) is 5.02 Å². The van der Waals surface area contributed by atoms with E-state index in [0.29, 0.717) is 10.9 Å². The summed E-state index contributed by atoms with van der Waals surface area (Å²) in [5.74, 6) is 3.32. The lowest BCUT2D eigenvalue weighted by atomic mass is 9.88. The summed E-state index contributed by atoms with van der Waals surface area (Å²) in [6.45, 7) is 5.95. The first-order chi connectivity index (χ1) is 14.7. The number of para-hydroxylation sites is 1. The van der Waals surface area contributed by atoms with Crippen LogP contribution in [-0.2, 0) is 6.42 Å². The first kappa shape index (κ1) is 21.0. The van der Waals surface area contributed by atoms with E-state index in [1.54, 1.807) is 7.11 Å². The number of pyridine rings is 1.